The zero-order chi connectivity index (χ0) is 18.2. The second-order valence-corrected chi connectivity index (χ2v) is 38.2. The van der Waals surface area contributed by atoms with Crippen LogP contribution in [0.15, 0.2) is 0 Å². The molecule has 0 atom stereocenters. The van der Waals surface area contributed by atoms with Crippen LogP contribution in [0.3, 0.4) is 0 Å². The summed E-state index contributed by atoms with van der Waals surface area (Å²) in [6.07, 6.45) is 0. The Hall–Kier alpha value is 1.13. The first kappa shape index (κ1) is 23.1. The van der Waals surface area contributed by atoms with Gasteiger partial charge in [-0.15, -0.1) is 15.3 Å². The molecule has 4 heteroatoms. The summed E-state index contributed by atoms with van der Waals surface area (Å²) >= 11 is 4.54. The van der Waals surface area contributed by atoms with E-state index in [4.69, 9.17) is 0 Å². The molecule has 0 spiro atoms. The van der Waals surface area contributed by atoms with Gasteiger partial charge in [0.1, 0.15) is 6.45 Å². The monoisotopic (exact) mass is 421 g/mol. The minimum absolute atomic E-state index is 0.430. The normalized spacial score (nSPS) is 15.5. The quantitative estimate of drug-likeness (QED) is 0.312. The van der Waals surface area contributed by atoms with E-state index in [1.165, 1.54) is 18.1 Å². The van der Waals surface area contributed by atoms with Gasteiger partial charge in [0.2, 0.25) is 0 Å². The maximum Gasteiger partial charge on any atom is 0.118 e. The Kier molecular flexibility index (Phi) is 7.54. The predicted molar refractivity (Wildman–Crippen MR) is 117 cm³/mol. The maximum atomic E-state index is 4.54. The fourth-order valence-electron chi connectivity index (χ4n) is 5.98. The molecule has 0 aliphatic carbocycles. The Labute approximate surface area is 153 Å². The average Bonchev–Trinajstić information content (AvgIpc) is 2.26. The van der Waals surface area contributed by atoms with E-state index in [0.29, 0.717) is 15.1 Å². The summed E-state index contributed by atoms with van der Waals surface area (Å²) in [6, 6.07) is 4.36. The van der Waals surface area contributed by atoms with Gasteiger partial charge in [-0.3, -0.25) is 0 Å². The minimum Gasteiger partial charge on any atom is -0.136 e. The molecule has 0 saturated carbocycles. The summed E-state index contributed by atoms with van der Waals surface area (Å²) in [5.41, 5.74) is 0. The Bertz CT molecular complexity index is 310. The second kappa shape index (κ2) is 7.17. The lowest BCUT2D eigenvalue weighted by Gasteiger charge is -2.64. The lowest BCUT2D eigenvalue weighted by atomic mass is 10.2. The van der Waals surface area contributed by atoms with Gasteiger partial charge in [-0.25, -0.2) is 0 Å². The van der Waals surface area contributed by atoms with Crippen LogP contribution in [0.5, 0.6) is 0 Å². The Morgan fingerprint density at radius 1 is 0.636 bits per heavy atom. The topological polar surface area (TPSA) is 0 Å². The van der Waals surface area contributed by atoms with Crippen LogP contribution >= 0.6 is 15.3 Å². The number of hydrogen-bond acceptors (Lipinski definition) is 0. The standard InChI is InChI=1S/C18H42BrSi3/c1-13-21(14-2,15-3)20(19)22(16(4,5)6,17(7,8)9)18(10,11)12/h13-15H2,1-12H3. The van der Waals surface area contributed by atoms with Crippen molar-refractivity contribution in [3.8, 4) is 0 Å². The molecule has 0 bridgehead atoms. The third-order valence-electron chi connectivity index (χ3n) is 6.20. The van der Waals surface area contributed by atoms with E-state index in [-0.39, 0.29) is 0 Å². The number of halogens is 1. The van der Waals surface area contributed by atoms with Gasteiger partial charge in [-0.1, -0.05) is 101 Å². The molecule has 0 aromatic heterocycles. The highest BCUT2D eigenvalue weighted by Gasteiger charge is 2.67. The van der Waals surface area contributed by atoms with Crippen molar-refractivity contribution in [1.82, 2.24) is 0 Å². The molecule has 0 N–H and O–H groups in total. The highest BCUT2D eigenvalue weighted by Crippen LogP contribution is 2.65. The first-order chi connectivity index (χ1) is 9.59. The van der Waals surface area contributed by atoms with Gasteiger partial charge in [0.25, 0.3) is 0 Å². The smallest absolute Gasteiger partial charge is 0.118 e. The van der Waals surface area contributed by atoms with Gasteiger partial charge in [0, 0.05) is 0 Å². The van der Waals surface area contributed by atoms with E-state index in [0.717, 1.165) is 0 Å². The van der Waals surface area contributed by atoms with E-state index in [1.54, 1.807) is 0 Å². The van der Waals surface area contributed by atoms with Crippen LogP contribution in [-0.2, 0) is 0 Å². The van der Waals surface area contributed by atoms with Crippen molar-refractivity contribution in [2.45, 2.75) is 116 Å². The van der Waals surface area contributed by atoms with E-state index < -0.39 is 21.6 Å². The summed E-state index contributed by atoms with van der Waals surface area (Å²) in [5.74, 6) is 0. The van der Waals surface area contributed by atoms with Gasteiger partial charge >= 0.3 is 0 Å². The average molecular weight is 423 g/mol. The first-order valence-corrected chi connectivity index (χ1v) is 19.5. The van der Waals surface area contributed by atoms with Crippen LogP contribution in [-0.4, -0.2) is 21.6 Å². The van der Waals surface area contributed by atoms with E-state index in [2.05, 4.69) is 98.4 Å². The molecule has 0 nitrogen and oxygen atoms in total. The molecule has 1 radical (unpaired) electrons. The van der Waals surface area contributed by atoms with Crippen molar-refractivity contribution in [2.24, 2.45) is 0 Å². The highest BCUT2D eigenvalue weighted by molar-refractivity contribution is 9.28. The molecule has 0 aliphatic heterocycles. The van der Waals surface area contributed by atoms with Crippen molar-refractivity contribution >= 4 is 36.9 Å². The van der Waals surface area contributed by atoms with Crippen LogP contribution in [0.1, 0.15) is 83.1 Å². The minimum atomic E-state index is -1.62. The van der Waals surface area contributed by atoms with Crippen LogP contribution < -0.4 is 0 Å². The van der Waals surface area contributed by atoms with E-state index in [9.17, 15) is 0 Å². The van der Waals surface area contributed by atoms with Crippen molar-refractivity contribution in [3.63, 3.8) is 0 Å². The largest absolute Gasteiger partial charge is 0.136 e. The van der Waals surface area contributed by atoms with Crippen LogP contribution in [0.2, 0.25) is 33.2 Å². The highest BCUT2D eigenvalue weighted by atomic mass is 79.9. The zero-order valence-corrected chi connectivity index (χ0v) is 22.1. The Balaban J connectivity index is 6.69. The lowest BCUT2D eigenvalue weighted by Crippen LogP contribution is -2.74. The van der Waals surface area contributed by atoms with Crippen molar-refractivity contribution in [2.75, 3.05) is 0 Å². The molecule has 0 heterocycles. The predicted octanol–water partition coefficient (Wildman–Crippen LogP) is 7.89. The summed E-state index contributed by atoms with van der Waals surface area (Å²) in [7, 11) is -2.83. The molecule has 133 valence electrons. The van der Waals surface area contributed by atoms with Crippen LogP contribution in [0, 0.1) is 0 Å². The molecule has 22 heavy (non-hydrogen) atoms. The van der Waals surface area contributed by atoms with Crippen molar-refractivity contribution in [3.05, 3.63) is 0 Å². The zero-order valence-electron chi connectivity index (χ0n) is 17.5. The van der Waals surface area contributed by atoms with Gasteiger partial charge in [0.05, 0.1) is 15.2 Å². The molecule has 0 fully saturated rings. The molecule has 0 unspecified atom stereocenters. The third kappa shape index (κ3) is 3.55. The molecule has 0 aromatic carbocycles. The SMILES string of the molecule is CC[Si](CC)(CC)[Si](Br)[Si](C(C)(C)C)(C(C)(C)C)C(C)(C)C. The molecule has 0 aliphatic rings. The molecular formula is C18H42BrSi3. The van der Waals surface area contributed by atoms with Crippen LogP contribution in [0.25, 0.3) is 0 Å². The third-order valence-corrected chi connectivity index (χ3v) is 54.4. The molecule has 0 rings (SSSR count). The second-order valence-electron chi connectivity index (χ2n) is 10.2. The van der Waals surface area contributed by atoms with Gasteiger partial charge in [-0.05, 0) is 15.1 Å². The maximum absolute atomic E-state index is 4.54. The van der Waals surface area contributed by atoms with Crippen molar-refractivity contribution in [1.29, 1.82) is 0 Å². The lowest BCUT2D eigenvalue weighted by molar-refractivity contribution is 0.555. The van der Waals surface area contributed by atoms with Gasteiger partial charge in [0.15, 0.2) is 0 Å². The fraction of sp³-hybridized carbons (Fsp3) is 1.00. The summed E-state index contributed by atoms with van der Waals surface area (Å²) in [4.78, 5) is 0. The van der Waals surface area contributed by atoms with Gasteiger partial charge < -0.3 is 0 Å². The van der Waals surface area contributed by atoms with Crippen LogP contribution in [0.4, 0.5) is 0 Å². The molecular weight excluding hydrogens is 380 g/mol. The van der Waals surface area contributed by atoms with E-state index in [1.807, 2.05) is 0 Å². The van der Waals surface area contributed by atoms with E-state index >= 15 is 0 Å². The van der Waals surface area contributed by atoms with Crippen molar-refractivity contribution < 1.29 is 0 Å². The fourth-order valence-corrected chi connectivity index (χ4v) is 74.7. The molecule has 0 amide bonds. The molecule has 0 saturated heterocycles. The Morgan fingerprint density at radius 2 is 0.864 bits per heavy atom. The summed E-state index contributed by atoms with van der Waals surface area (Å²) in [5, 5.41) is 1.29. The van der Waals surface area contributed by atoms with Gasteiger partial charge in [-0.2, -0.15) is 0 Å². The Morgan fingerprint density at radius 3 is 1.00 bits per heavy atom. The molecule has 0 aromatic rings. The summed E-state index contributed by atoms with van der Waals surface area (Å²) in [6.45, 7) is 29.9. The number of rotatable bonds is 5. The first-order valence-electron chi connectivity index (χ1n) is 9.12. The summed E-state index contributed by atoms with van der Waals surface area (Å²) < 4.78 is 0. The number of hydrogen-bond donors (Lipinski definition) is 0.